The van der Waals surface area contributed by atoms with Gasteiger partial charge in [0.1, 0.15) is 4.21 Å². The van der Waals surface area contributed by atoms with Gasteiger partial charge in [0.05, 0.1) is 12.3 Å². The van der Waals surface area contributed by atoms with Gasteiger partial charge in [-0.15, -0.1) is 11.3 Å². The SMILES string of the molecule is O=S(=O)(Nc1ccc(Cl)cc1Br)c1cc(CO)cs1. The Labute approximate surface area is 128 Å². The van der Waals surface area contributed by atoms with Crippen molar-refractivity contribution in [2.45, 2.75) is 10.8 Å². The monoisotopic (exact) mass is 381 g/mol. The van der Waals surface area contributed by atoms with Crippen molar-refractivity contribution in [2.24, 2.45) is 0 Å². The standard InChI is InChI=1S/C11H9BrClNO3S2/c12-9-4-8(13)1-2-10(9)14-19(16,17)11-3-7(5-15)6-18-11/h1-4,6,14-15H,5H2. The number of hydrogen-bond donors (Lipinski definition) is 2. The van der Waals surface area contributed by atoms with Crippen molar-refractivity contribution in [2.75, 3.05) is 4.72 Å². The number of sulfonamides is 1. The molecule has 102 valence electrons. The molecule has 0 saturated heterocycles. The quantitative estimate of drug-likeness (QED) is 0.851. The van der Waals surface area contributed by atoms with Crippen LogP contribution in [0.25, 0.3) is 0 Å². The second kappa shape index (κ2) is 5.80. The molecule has 1 aromatic heterocycles. The van der Waals surface area contributed by atoms with Crippen molar-refractivity contribution in [3.8, 4) is 0 Å². The molecule has 0 aliphatic heterocycles. The summed E-state index contributed by atoms with van der Waals surface area (Å²) in [6, 6.07) is 6.21. The van der Waals surface area contributed by atoms with E-state index in [4.69, 9.17) is 16.7 Å². The van der Waals surface area contributed by atoms with E-state index in [1.165, 1.54) is 6.07 Å². The summed E-state index contributed by atoms with van der Waals surface area (Å²) >= 11 is 10.1. The lowest BCUT2D eigenvalue weighted by atomic mass is 10.3. The Morgan fingerprint density at radius 3 is 2.68 bits per heavy atom. The Morgan fingerprint density at radius 1 is 1.37 bits per heavy atom. The topological polar surface area (TPSA) is 66.4 Å². The molecule has 0 aliphatic carbocycles. The maximum absolute atomic E-state index is 12.1. The molecule has 0 atom stereocenters. The lowest BCUT2D eigenvalue weighted by Crippen LogP contribution is -2.11. The third kappa shape index (κ3) is 3.49. The van der Waals surface area contributed by atoms with E-state index in [0.717, 1.165) is 11.3 Å². The van der Waals surface area contributed by atoms with E-state index in [1.807, 2.05) is 0 Å². The maximum Gasteiger partial charge on any atom is 0.271 e. The van der Waals surface area contributed by atoms with E-state index in [0.29, 0.717) is 20.7 Å². The van der Waals surface area contributed by atoms with Crippen LogP contribution in [0.15, 0.2) is 38.3 Å². The van der Waals surface area contributed by atoms with Crippen LogP contribution in [0.1, 0.15) is 5.56 Å². The van der Waals surface area contributed by atoms with Gasteiger partial charge in [-0.05, 0) is 51.1 Å². The van der Waals surface area contributed by atoms with Gasteiger partial charge in [0, 0.05) is 9.50 Å². The fourth-order valence-electron chi connectivity index (χ4n) is 1.34. The Morgan fingerprint density at radius 2 is 2.11 bits per heavy atom. The van der Waals surface area contributed by atoms with Gasteiger partial charge < -0.3 is 5.11 Å². The Kier molecular flexibility index (Phi) is 4.52. The molecule has 19 heavy (non-hydrogen) atoms. The van der Waals surface area contributed by atoms with Gasteiger partial charge in [-0.25, -0.2) is 8.42 Å². The van der Waals surface area contributed by atoms with Crippen LogP contribution in [-0.2, 0) is 16.6 Å². The normalized spacial score (nSPS) is 11.5. The minimum absolute atomic E-state index is 0.151. The summed E-state index contributed by atoms with van der Waals surface area (Å²) in [6.07, 6.45) is 0. The molecular formula is C11H9BrClNO3S2. The van der Waals surface area contributed by atoms with Crippen molar-refractivity contribution >= 4 is 54.6 Å². The second-order valence-electron chi connectivity index (χ2n) is 3.66. The Hall–Kier alpha value is -0.600. The summed E-state index contributed by atoms with van der Waals surface area (Å²) in [5.41, 5.74) is 0.976. The van der Waals surface area contributed by atoms with Crippen molar-refractivity contribution in [3.63, 3.8) is 0 Å². The zero-order valence-electron chi connectivity index (χ0n) is 9.43. The lowest BCUT2D eigenvalue weighted by molar-refractivity contribution is 0.282. The molecule has 2 N–H and O–H groups in total. The highest BCUT2D eigenvalue weighted by molar-refractivity contribution is 9.10. The first-order valence-corrected chi connectivity index (χ1v) is 8.62. The zero-order valence-corrected chi connectivity index (χ0v) is 13.4. The summed E-state index contributed by atoms with van der Waals surface area (Å²) in [4.78, 5) is 0. The number of anilines is 1. The van der Waals surface area contributed by atoms with Crippen LogP contribution in [0.3, 0.4) is 0 Å². The average molecular weight is 383 g/mol. The minimum Gasteiger partial charge on any atom is -0.392 e. The van der Waals surface area contributed by atoms with Crippen LogP contribution < -0.4 is 4.72 Å². The van der Waals surface area contributed by atoms with Crippen LogP contribution in [0.2, 0.25) is 5.02 Å². The lowest BCUT2D eigenvalue weighted by Gasteiger charge is -2.08. The van der Waals surface area contributed by atoms with E-state index < -0.39 is 10.0 Å². The second-order valence-corrected chi connectivity index (χ2v) is 7.77. The van der Waals surface area contributed by atoms with Gasteiger partial charge in [0.15, 0.2) is 0 Å². The summed E-state index contributed by atoms with van der Waals surface area (Å²) in [6.45, 7) is -0.184. The number of aliphatic hydroxyl groups is 1. The third-order valence-corrected chi connectivity index (χ3v) is 6.00. The molecule has 0 fully saturated rings. The van der Waals surface area contributed by atoms with Crippen LogP contribution in [-0.4, -0.2) is 13.5 Å². The van der Waals surface area contributed by atoms with E-state index in [9.17, 15) is 8.42 Å². The number of thiophene rings is 1. The van der Waals surface area contributed by atoms with Crippen LogP contribution in [0.4, 0.5) is 5.69 Å². The first-order chi connectivity index (χ1) is 8.92. The fraction of sp³-hybridized carbons (Fsp3) is 0.0909. The molecule has 0 spiro atoms. The predicted octanol–water partition coefficient (Wildman–Crippen LogP) is 3.46. The molecule has 1 aromatic carbocycles. The average Bonchev–Trinajstić information content (AvgIpc) is 2.82. The Balaban J connectivity index is 2.30. The fourth-order valence-corrected chi connectivity index (χ4v) is 4.54. The van der Waals surface area contributed by atoms with Crippen molar-refractivity contribution in [1.82, 2.24) is 0 Å². The first kappa shape index (κ1) is 14.8. The summed E-state index contributed by atoms with van der Waals surface area (Å²) in [5, 5.41) is 11.1. The van der Waals surface area contributed by atoms with E-state index >= 15 is 0 Å². The summed E-state index contributed by atoms with van der Waals surface area (Å²) in [5.74, 6) is 0. The molecule has 0 radical (unpaired) electrons. The summed E-state index contributed by atoms with van der Waals surface area (Å²) < 4.78 is 27.4. The molecule has 2 rings (SSSR count). The first-order valence-electron chi connectivity index (χ1n) is 5.08. The van der Waals surface area contributed by atoms with Gasteiger partial charge in [-0.2, -0.15) is 0 Å². The molecule has 4 nitrogen and oxygen atoms in total. The Bertz CT molecular complexity index is 700. The minimum atomic E-state index is -3.65. The van der Waals surface area contributed by atoms with E-state index in [-0.39, 0.29) is 10.8 Å². The molecule has 0 amide bonds. The number of hydrogen-bond acceptors (Lipinski definition) is 4. The number of aliphatic hydroxyl groups excluding tert-OH is 1. The van der Waals surface area contributed by atoms with Gasteiger partial charge in [0.25, 0.3) is 10.0 Å². The zero-order chi connectivity index (χ0) is 14.0. The van der Waals surface area contributed by atoms with E-state index in [2.05, 4.69) is 20.7 Å². The largest absolute Gasteiger partial charge is 0.392 e. The third-order valence-electron chi connectivity index (χ3n) is 2.25. The highest BCUT2D eigenvalue weighted by Gasteiger charge is 2.18. The van der Waals surface area contributed by atoms with Crippen LogP contribution >= 0.6 is 38.9 Å². The molecule has 1 heterocycles. The van der Waals surface area contributed by atoms with Crippen LogP contribution in [0.5, 0.6) is 0 Å². The van der Waals surface area contributed by atoms with Gasteiger partial charge in [-0.1, -0.05) is 11.6 Å². The molecular weight excluding hydrogens is 374 g/mol. The molecule has 2 aromatic rings. The van der Waals surface area contributed by atoms with Crippen molar-refractivity contribution in [3.05, 3.63) is 44.7 Å². The number of rotatable bonds is 4. The number of nitrogens with one attached hydrogen (secondary N) is 1. The smallest absolute Gasteiger partial charge is 0.271 e. The molecule has 8 heteroatoms. The molecule has 0 aliphatic rings. The molecule has 0 unspecified atom stereocenters. The highest BCUT2D eigenvalue weighted by Crippen LogP contribution is 2.29. The molecule has 0 saturated carbocycles. The van der Waals surface area contributed by atoms with Gasteiger partial charge in [0.2, 0.25) is 0 Å². The van der Waals surface area contributed by atoms with Crippen molar-refractivity contribution < 1.29 is 13.5 Å². The van der Waals surface area contributed by atoms with Gasteiger partial charge >= 0.3 is 0 Å². The summed E-state index contributed by atoms with van der Waals surface area (Å²) in [7, 11) is -3.65. The van der Waals surface area contributed by atoms with Crippen LogP contribution in [0, 0.1) is 0 Å². The number of benzene rings is 1. The van der Waals surface area contributed by atoms with Crippen molar-refractivity contribution in [1.29, 1.82) is 0 Å². The number of halogens is 2. The highest BCUT2D eigenvalue weighted by atomic mass is 79.9. The predicted molar refractivity (Wildman–Crippen MR) is 80.2 cm³/mol. The maximum atomic E-state index is 12.1. The molecule has 0 bridgehead atoms. The van der Waals surface area contributed by atoms with E-state index in [1.54, 1.807) is 23.6 Å². The van der Waals surface area contributed by atoms with Gasteiger partial charge in [-0.3, -0.25) is 4.72 Å².